The third-order valence-electron chi connectivity index (χ3n) is 4.47. The lowest BCUT2D eigenvalue weighted by molar-refractivity contribution is 0.102. The number of anilines is 2. The molecule has 1 fully saturated rings. The molecule has 1 amide bonds. The van der Waals surface area contributed by atoms with E-state index in [1.165, 1.54) is 12.8 Å². The summed E-state index contributed by atoms with van der Waals surface area (Å²) in [7, 11) is 0. The van der Waals surface area contributed by atoms with E-state index in [-0.39, 0.29) is 5.91 Å². The second-order valence-corrected chi connectivity index (χ2v) is 6.19. The van der Waals surface area contributed by atoms with E-state index in [1.807, 2.05) is 65.5 Å². The molecule has 1 aromatic carbocycles. The molecule has 126 valence electrons. The first-order valence-electron chi connectivity index (χ1n) is 8.55. The highest BCUT2D eigenvalue weighted by Crippen LogP contribution is 2.19. The predicted molar refractivity (Wildman–Crippen MR) is 99.4 cm³/mol. The molecular weight excluding hydrogens is 312 g/mol. The Labute approximate surface area is 146 Å². The zero-order valence-corrected chi connectivity index (χ0v) is 13.9. The fraction of sp³-hybridized carbons (Fsp3) is 0.200. The Bertz CT molecular complexity index is 832. The van der Waals surface area contributed by atoms with Gasteiger partial charge in [-0.25, -0.2) is 4.98 Å². The average molecular weight is 332 g/mol. The van der Waals surface area contributed by atoms with Gasteiger partial charge >= 0.3 is 0 Å². The average Bonchev–Trinajstić information content (AvgIpc) is 3.36. The van der Waals surface area contributed by atoms with Crippen molar-refractivity contribution in [3.63, 3.8) is 0 Å². The summed E-state index contributed by atoms with van der Waals surface area (Å²) in [5, 5.41) is 2.90. The van der Waals surface area contributed by atoms with Gasteiger partial charge in [-0.2, -0.15) is 0 Å². The summed E-state index contributed by atoms with van der Waals surface area (Å²) in [6.07, 6.45) is 8.11. The van der Waals surface area contributed by atoms with Crippen LogP contribution in [0.4, 0.5) is 11.5 Å². The monoisotopic (exact) mass is 332 g/mol. The van der Waals surface area contributed by atoms with Crippen molar-refractivity contribution in [3.8, 4) is 5.69 Å². The second kappa shape index (κ2) is 6.81. The zero-order valence-electron chi connectivity index (χ0n) is 13.9. The third-order valence-corrected chi connectivity index (χ3v) is 4.47. The van der Waals surface area contributed by atoms with Crippen LogP contribution in [0.3, 0.4) is 0 Å². The molecule has 5 nitrogen and oxygen atoms in total. The van der Waals surface area contributed by atoms with Gasteiger partial charge < -0.3 is 14.8 Å². The van der Waals surface area contributed by atoms with Crippen LogP contribution in [0, 0.1) is 0 Å². The number of hydrogen-bond donors (Lipinski definition) is 1. The quantitative estimate of drug-likeness (QED) is 0.792. The number of carbonyl (C=O) groups is 1. The summed E-state index contributed by atoms with van der Waals surface area (Å²) in [6, 6.07) is 15.3. The molecule has 1 N–H and O–H groups in total. The molecule has 2 aromatic heterocycles. The van der Waals surface area contributed by atoms with Gasteiger partial charge in [0, 0.05) is 36.7 Å². The van der Waals surface area contributed by atoms with Gasteiger partial charge in [0.1, 0.15) is 5.82 Å². The van der Waals surface area contributed by atoms with Crippen LogP contribution in [0.15, 0.2) is 67.1 Å². The van der Waals surface area contributed by atoms with Crippen molar-refractivity contribution in [2.75, 3.05) is 23.3 Å². The van der Waals surface area contributed by atoms with Gasteiger partial charge in [-0.05, 0) is 61.4 Å². The standard InChI is InChI=1S/C20H20N4O/c25-20(16-5-8-18(9-6-16)23-11-1-2-12-23)22-17-7-10-19(21-15-17)24-13-3-4-14-24/h1-2,5-12,15H,3-4,13-14H2,(H,22,25). The van der Waals surface area contributed by atoms with Gasteiger partial charge in [0.05, 0.1) is 11.9 Å². The summed E-state index contributed by atoms with van der Waals surface area (Å²) in [5.74, 6) is 0.848. The molecule has 1 aliphatic rings. The maximum Gasteiger partial charge on any atom is 0.255 e. The van der Waals surface area contributed by atoms with Crippen LogP contribution in [-0.4, -0.2) is 28.5 Å². The van der Waals surface area contributed by atoms with E-state index in [2.05, 4.69) is 15.2 Å². The number of nitrogens with one attached hydrogen (secondary N) is 1. The Balaban J connectivity index is 1.42. The summed E-state index contributed by atoms with van der Waals surface area (Å²) in [4.78, 5) is 19.1. The lowest BCUT2D eigenvalue weighted by Crippen LogP contribution is -2.19. The molecule has 3 heterocycles. The van der Waals surface area contributed by atoms with Crippen molar-refractivity contribution in [1.82, 2.24) is 9.55 Å². The summed E-state index contributed by atoms with van der Waals surface area (Å²) in [5.41, 5.74) is 2.36. The van der Waals surface area contributed by atoms with E-state index in [0.29, 0.717) is 11.3 Å². The Morgan fingerprint density at radius 2 is 1.68 bits per heavy atom. The minimum absolute atomic E-state index is 0.130. The topological polar surface area (TPSA) is 50.2 Å². The Morgan fingerprint density at radius 1 is 0.960 bits per heavy atom. The van der Waals surface area contributed by atoms with Gasteiger partial charge in [-0.1, -0.05) is 0 Å². The third kappa shape index (κ3) is 3.40. The normalized spacial score (nSPS) is 13.8. The number of nitrogens with zero attached hydrogens (tertiary/aromatic N) is 3. The van der Waals surface area contributed by atoms with Crippen molar-refractivity contribution in [3.05, 3.63) is 72.7 Å². The molecule has 0 radical (unpaired) electrons. The van der Waals surface area contributed by atoms with Crippen molar-refractivity contribution in [2.45, 2.75) is 12.8 Å². The number of hydrogen-bond acceptors (Lipinski definition) is 3. The van der Waals surface area contributed by atoms with Gasteiger partial charge in [0.2, 0.25) is 0 Å². The minimum atomic E-state index is -0.130. The number of pyridine rings is 1. The fourth-order valence-corrected chi connectivity index (χ4v) is 3.09. The van der Waals surface area contributed by atoms with E-state index < -0.39 is 0 Å². The first-order chi connectivity index (χ1) is 12.3. The van der Waals surface area contributed by atoms with Gasteiger partial charge in [0.15, 0.2) is 0 Å². The van der Waals surface area contributed by atoms with Crippen molar-refractivity contribution in [2.24, 2.45) is 0 Å². The maximum atomic E-state index is 12.4. The lowest BCUT2D eigenvalue weighted by atomic mass is 10.2. The second-order valence-electron chi connectivity index (χ2n) is 6.19. The van der Waals surface area contributed by atoms with Crippen LogP contribution in [0.25, 0.3) is 5.69 Å². The Hall–Kier alpha value is -3.08. The molecule has 0 bridgehead atoms. The van der Waals surface area contributed by atoms with Gasteiger partial charge in [0.25, 0.3) is 5.91 Å². The number of carbonyl (C=O) groups excluding carboxylic acids is 1. The zero-order chi connectivity index (χ0) is 17.1. The number of benzene rings is 1. The summed E-state index contributed by atoms with van der Waals surface area (Å²) < 4.78 is 2.00. The van der Waals surface area contributed by atoms with E-state index in [9.17, 15) is 4.79 Å². The highest BCUT2D eigenvalue weighted by Gasteiger charge is 2.13. The van der Waals surface area contributed by atoms with E-state index in [0.717, 1.165) is 24.6 Å². The molecule has 1 aliphatic heterocycles. The van der Waals surface area contributed by atoms with Crippen LogP contribution in [-0.2, 0) is 0 Å². The molecule has 3 aromatic rings. The first-order valence-corrected chi connectivity index (χ1v) is 8.55. The van der Waals surface area contributed by atoms with Crippen LogP contribution in [0.2, 0.25) is 0 Å². The Morgan fingerprint density at radius 3 is 2.32 bits per heavy atom. The minimum Gasteiger partial charge on any atom is -0.357 e. The van der Waals surface area contributed by atoms with E-state index in [1.54, 1.807) is 6.20 Å². The Kier molecular flexibility index (Phi) is 4.21. The molecule has 0 atom stereocenters. The smallest absolute Gasteiger partial charge is 0.255 e. The van der Waals surface area contributed by atoms with Crippen molar-refractivity contribution >= 4 is 17.4 Å². The SMILES string of the molecule is O=C(Nc1ccc(N2CCCC2)nc1)c1ccc(-n2cccc2)cc1. The van der Waals surface area contributed by atoms with Gasteiger partial charge in [-0.3, -0.25) is 4.79 Å². The number of amides is 1. The predicted octanol–water partition coefficient (Wildman–Crippen LogP) is 3.72. The van der Waals surface area contributed by atoms with Gasteiger partial charge in [-0.15, -0.1) is 0 Å². The molecule has 5 heteroatoms. The van der Waals surface area contributed by atoms with Crippen LogP contribution in [0.5, 0.6) is 0 Å². The van der Waals surface area contributed by atoms with Crippen LogP contribution < -0.4 is 10.2 Å². The fourth-order valence-electron chi connectivity index (χ4n) is 3.09. The molecule has 0 aliphatic carbocycles. The molecule has 4 rings (SSSR count). The van der Waals surface area contributed by atoms with Crippen molar-refractivity contribution < 1.29 is 4.79 Å². The van der Waals surface area contributed by atoms with Crippen LogP contribution >= 0.6 is 0 Å². The number of rotatable bonds is 4. The summed E-state index contributed by atoms with van der Waals surface area (Å²) >= 11 is 0. The maximum absolute atomic E-state index is 12.4. The van der Waals surface area contributed by atoms with E-state index in [4.69, 9.17) is 0 Å². The highest BCUT2D eigenvalue weighted by molar-refractivity contribution is 6.04. The number of aromatic nitrogens is 2. The molecule has 0 unspecified atom stereocenters. The lowest BCUT2D eigenvalue weighted by Gasteiger charge is -2.16. The first kappa shape index (κ1) is 15.4. The molecular formula is C20H20N4O. The van der Waals surface area contributed by atoms with E-state index >= 15 is 0 Å². The summed E-state index contributed by atoms with van der Waals surface area (Å²) in [6.45, 7) is 2.12. The molecule has 0 spiro atoms. The van der Waals surface area contributed by atoms with Crippen LogP contribution in [0.1, 0.15) is 23.2 Å². The highest BCUT2D eigenvalue weighted by atomic mass is 16.1. The van der Waals surface area contributed by atoms with Crippen molar-refractivity contribution in [1.29, 1.82) is 0 Å². The molecule has 1 saturated heterocycles. The molecule has 25 heavy (non-hydrogen) atoms. The molecule has 0 saturated carbocycles. The largest absolute Gasteiger partial charge is 0.357 e.